The fourth-order valence-electron chi connectivity index (χ4n) is 2.07. The lowest BCUT2D eigenvalue weighted by atomic mass is 9.89. The fourth-order valence-corrected chi connectivity index (χ4v) is 3.29. The third kappa shape index (κ3) is 2.64. The monoisotopic (exact) mass is 238 g/mol. The van der Waals surface area contributed by atoms with Crippen LogP contribution in [0.4, 0.5) is 4.39 Å². The predicted molar refractivity (Wildman–Crippen MR) is 65.9 cm³/mol. The van der Waals surface area contributed by atoms with Gasteiger partial charge in [-0.15, -0.1) is 0 Å². The third-order valence-electron chi connectivity index (χ3n) is 3.08. The molecule has 0 amide bonds. The lowest BCUT2D eigenvalue weighted by Gasteiger charge is -2.29. The first kappa shape index (κ1) is 11.6. The number of thioether (sulfide) groups is 1. The molecule has 0 radical (unpaired) electrons. The van der Waals surface area contributed by atoms with Crippen LogP contribution in [0.2, 0.25) is 0 Å². The molecule has 0 unspecified atom stereocenters. The molecule has 1 aromatic carbocycles. The third-order valence-corrected chi connectivity index (χ3v) is 4.06. The average Bonchev–Trinajstić information content (AvgIpc) is 2.30. The number of carbonyl (C=O) groups excluding carboxylic acids is 1. The number of benzene rings is 1. The molecule has 1 aromatic rings. The molecule has 1 aliphatic heterocycles. The van der Waals surface area contributed by atoms with Gasteiger partial charge in [-0.05, 0) is 29.9 Å². The maximum atomic E-state index is 14.4. The molecule has 0 aliphatic carbocycles. The summed E-state index contributed by atoms with van der Waals surface area (Å²) in [6.07, 6.45) is 2.40. The SMILES string of the molecule is O=Cc1ccccc1CC1(F)CCSCC1. The van der Waals surface area contributed by atoms with Crippen molar-refractivity contribution in [1.29, 1.82) is 0 Å². The zero-order chi connectivity index (χ0) is 11.4. The Balaban J connectivity index is 2.15. The molecule has 0 bridgehead atoms. The van der Waals surface area contributed by atoms with Crippen molar-refractivity contribution >= 4 is 18.0 Å². The molecule has 1 nitrogen and oxygen atoms in total. The van der Waals surface area contributed by atoms with Crippen molar-refractivity contribution in [2.24, 2.45) is 0 Å². The minimum atomic E-state index is -1.11. The van der Waals surface area contributed by atoms with E-state index in [0.717, 1.165) is 23.4 Å². The summed E-state index contributed by atoms with van der Waals surface area (Å²) in [7, 11) is 0. The zero-order valence-electron chi connectivity index (χ0n) is 9.12. The Morgan fingerprint density at radius 2 is 2.00 bits per heavy atom. The number of hydrogen-bond donors (Lipinski definition) is 0. The summed E-state index contributed by atoms with van der Waals surface area (Å²) in [5.74, 6) is 1.78. The molecular formula is C13H15FOS. The topological polar surface area (TPSA) is 17.1 Å². The van der Waals surface area contributed by atoms with Crippen molar-refractivity contribution in [2.75, 3.05) is 11.5 Å². The summed E-state index contributed by atoms with van der Waals surface area (Å²) in [6, 6.07) is 7.29. The maximum absolute atomic E-state index is 14.4. The van der Waals surface area contributed by atoms with E-state index in [9.17, 15) is 9.18 Å². The molecule has 86 valence electrons. The summed E-state index contributed by atoms with van der Waals surface area (Å²) in [6.45, 7) is 0. The van der Waals surface area contributed by atoms with Crippen LogP contribution in [0.3, 0.4) is 0 Å². The summed E-state index contributed by atoms with van der Waals surface area (Å²) < 4.78 is 14.4. The van der Waals surface area contributed by atoms with E-state index in [1.807, 2.05) is 30.0 Å². The van der Waals surface area contributed by atoms with Crippen LogP contribution in [0.1, 0.15) is 28.8 Å². The van der Waals surface area contributed by atoms with E-state index in [0.29, 0.717) is 24.8 Å². The molecule has 1 aliphatic rings. The Bertz CT molecular complexity index is 372. The largest absolute Gasteiger partial charge is 0.298 e. The van der Waals surface area contributed by atoms with Crippen LogP contribution in [-0.2, 0) is 6.42 Å². The van der Waals surface area contributed by atoms with Crippen molar-refractivity contribution in [3.8, 4) is 0 Å². The van der Waals surface area contributed by atoms with Crippen LogP contribution in [-0.4, -0.2) is 23.5 Å². The van der Waals surface area contributed by atoms with E-state index >= 15 is 0 Å². The van der Waals surface area contributed by atoms with E-state index in [4.69, 9.17) is 0 Å². The van der Waals surface area contributed by atoms with Gasteiger partial charge in [0.05, 0.1) is 0 Å². The second-order valence-electron chi connectivity index (χ2n) is 4.26. The van der Waals surface area contributed by atoms with Crippen LogP contribution >= 0.6 is 11.8 Å². The first-order chi connectivity index (χ1) is 7.73. The highest BCUT2D eigenvalue weighted by Gasteiger charge is 2.32. The van der Waals surface area contributed by atoms with Crippen molar-refractivity contribution < 1.29 is 9.18 Å². The first-order valence-corrected chi connectivity index (χ1v) is 6.69. The number of halogens is 1. The van der Waals surface area contributed by atoms with Gasteiger partial charge in [-0.2, -0.15) is 11.8 Å². The molecule has 0 aromatic heterocycles. The van der Waals surface area contributed by atoms with Gasteiger partial charge in [-0.25, -0.2) is 4.39 Å². The minimum Gasteiger partial charge on any atom is -0.298 e. The number of hydrogen-bond acceptors (Lipinski definition) is 2. The van der Waals surface area contributed by atoms with Crippen LogP contribution < -0.4 is 0 Å². The van der Waals surface area contributed by atoms with E-state index < -0.39 is 5.67 Å². The van der Waals surface area contributed by atoms with Crippen LogP contribution in [0.25, 0.3) is 0 Å². The summed E-state index contributed by atoms with van der Waals surface area (Å²) in [5, 5.41) is 0. The zero-order valence-corrected chi connectivity index (χ0v) is 9.93. The molecule has 16 heavy (non-hydrogen) atoms. The van der Waals surface area contributed by atoms with Crippen molar-refractivity contribution in [3.63, 3.8) is 0 Å². The van der Waals surface area contributed by atoms with Gasteiger partial charge in [0.25, 0.3) is 0 Å². The molecule has 0 atom stereocenters. The normalized spacial score (nSPS) is 19.3. The van der Waals surface area contributed by atoms with Crippen LogP contribution in [0.15, 0.2) is 24.3 Å². The number of aldehydes is 1. The highest BCUT2D eigenvalue weighted by Crippen LogP contribution is 2.34. The van der Waals surface area contributed by atoms with Crippen LogP contribution in [0, 0.1) is 0 Å². The van der Waals surface area contributed by atoms with Crippen molar-refractivity contribution in [3.05, 3.63) is 35.4 Å². The fraction of sp³-hybridized carbons (Fsp3) is 0.462. The van der Waals surface area contributed by atoms with Gasteiger partial charge in [0.15, 0.2) is 0 Å². The molecule has 1 saturated heterocycles. The van der Waals surface area contributed by atoms with Gasteiger partial charge >= 0.3 is 0 Å². The first-order valence-electron chi connectivity index (χ1n) is 5.53. The number of rotatable bonds is 3. The molecule has 2 rings (SSSR count). The summed E-state index contributed by atoms with van der Waals surface area (Å²) >= 11 is 1.81. The standard InChI is InChI=1S/C13H15FOS/c14-13(5-7-16-8-6-13)9-11-3-1-2-4-12(11)10-15/h1-4,10H,5-9H2. The van der Waals surface area contributed by atoms with Gasteiger partial charge in [0.1, 0.15) is 12.0 Å². The van der Waals surface area contributed by atoms with Gasteiger partial charge < -0.3 is 0 Å². The lowest BCUT2D eigenvalue weighted by Crippen LogP contribution is -2.31. The smallest absolute Gasteiger partial charge is 0.150 e. The highest BCUT2D eigenvalue weighted by atomic mass is 32.2. The van der Waals surface area contributed by atoms with Crippen molar-refractivity contribution in [2.45, 2.75) is 24.9 Å². The molecular weight excluding hydrogens is 223 g/mol. The quantitative estimate of drug-likeness (QED) is 0.752. The van der Waals surface area contributed by atoms with Crippen molar-refractivity contribution in [1.82, 2.24) is 0 Å². The molecule has 3 heteroatoms. The second-order valence-corrected chi connectivity index (χ2v) is 5.48. The average molecular weight is 238 g/mol. The predicted octanol–water partition coefficient (Wildman–Crippen LogP) is 3.28. The Labute approximate surface area is 99.4 Å². The molecule has 0 N–H and O–H groups in total. The molecule has 0 spiro atoms. The Morgan fingerprint density at radius 3 is 2.69 bits per heavy atom. The second kappa shape index (κ2) is 5.00. The van der Waals surface area contributed by atoms with E-state index in [2.05, 4.69) is 0 Å². The van der Waals surface area contributed by atoms with Gasteiger partial charge in [0, 0.05) is 12.0 Å². The molecule has 1 fully saturated rings. The van der Waals surface area contributed by atoms with Gasteiger partial charge in [0.2, 0.25) is 0 Å². The highest BCUT2D eigenvalue weighted by molar-refractivity contribution is 7.99. The van der Waals surface area contributed by atoms with E-state index in [1.165, 1.54) is 0 Å². The Kier molecular flexibility index (Phi) is 3.64. The summed E-state index contributed by atoms with van der Waals surface area (Å²) in [4.78, 5) is 10.8. The molecule has 1 heterocycles. The Hall–Kier alpha value is -0.830. The van der Waals surface area contributed by atoms with E-state index in [-0.39, 0.29) is 0 Å². The minimum absolute atomic E-state index is 0.377. The van der Waals surface area contributed by atoms with Gasteiger partial charge in [-0.1, -0.05) is 24.3 Å². The molecule has 0 saturated carbocycles. The maximum Gasteiger partial charge on any atom is 0.150 e. The number of alkyl halides is 1. The van der Waals surface area contributed by atoms with E-state index in [1.54, 1.807) is 6.07 Å². The number of carbonyl (C=O) groups is 1. The van der Waals surface area contributed by atoms with Gasteiger partial charge in [-0.3, -0.25) is 4.79 Å². The summed E-state index contributed by atoms with van der Waals surface area (Å²) in [5.41, 5.74) is 0.356. The Morgan fingerprint density at radius 1 is 1.31 bits per heavy atom. The lowest BCUT2D eigenvalue weighted by molar-refractivity contribution is 0.112. The van der Waals surface area contributed by atoms with Crippen LogP contribution in [0.5, 0.6) is 0 Å².